The smallest absolute Gasteiger partial charge is 0.255 e. The number of carbonyl (C=O) groups excluding carboxylic acids is 1. The number of hydrogen-bond acceptors (Lipinski definition) is 3. The minimum Gasteiger partial charge on any atom is -0.497 e. The summed E-state index contributed by atoms with van der Waals surface area (Å²) in [5.74, 6) is 1.58. The molecule has 5 heteroatoms. The van der Waals surface area contributed by atoms with E-state index in [1.807, 2.05) is 47.4 Å². The largest absolute Gasteiger partial charge is 0.497 e. The van der Waals surface area contributed by atoms with Crippen molar-refractivity contribution in [3.05, 3.63) is 57.2 Å². The van der Waals surface area contributed by atoms with Crippen molar-refractivity contribution in [2.45, 2.75) is 25.4 Å². The Morgan fingerprint density at radius 2 is 1.92 bits per heavy atom. The average molecular weight is 437 g/mol. The molecule has 0 unspecified atom stereocenters. The molecule has 24 heavy (non-hydrogen) atoms. The molecule has 4 nitrogen and oxygen atoms in total. The van der Waals surface area contributed by atoms with Crippen molar-refractivity contribution in [1.29, 1.82) is 0 Å². The molecule has 2 aromatic carbocycles. The van der Waals surface area contributed by atoms with E-state index in [2.05, 4.69) is 22.6 Å². The highest BCUT2D eigenvalue weighted by Crippen LogP contribution is 2.33. The number of ether oxygens (including phenoxy) is 2. The van der Waals surface area contributed by atoms with Crippen molar-refractivity contribution in [3.63, 3.8) is 0 Å². The van der Waals surface area contributed by atoms with Gasteiger partial charge in [-0.15, -0.1) is 0 Å². The molecular formula is C19H20INO3. The molecule has 0 heterocycles. The van der Waals surface area contributed by atoms with Crippen LogP contribution in [0.1, 0.15) is 28.8 Å². The molecular weight excluding hydrogens is 417 g/mol. The van der Waals surface area contributed by atoms with Crippen molar-refractivity contribution < 1.29 is 14.3 Å². The number of amides is 1. The Bertz CT molecular complexity index is 743. The molecule has 0 saturated heterocycles. The first-order valence-corrected chi connectivity index (χ1v) is 8.98. The predicted molar refractivity (Wildman–Crippen MR) is 102 cm³/mol. The van der Waals surface area contributed by atoms with Crippen LogP contribution in [-0.4, -0.2) is 31.1 Å². The second kappa shape index (κ2) is 7.42. The van der Waals surface area contributed by atoms with Gasteiger partial charge in [-0.3, -0.25) is 4.79 Å². The number of carbonyl (C=O) groups is 1. The summed E-state index contributed by atoms with van der Waals surface area (Å²) in [6.45, 7) is 0.543. The average Bonchev–Trinajstić information content (AvgIpc) is 3.44. The van der Waals surface area contributed by atoms with E-state index in [4.69, 9.17) is 9.47 Å². The molecule has 0 spiro atoms. The molecule has 0 aliphatic heterocycles. The Morgan fingerprint density at radius 1 is 1.17 bits per heavy atom. The number of hydrogen-bond donors (Lipinski definition) is 0. The summed E-state index contributed by atoms with van der Waals surface area (Å²) in [4.78, 5) is 15.0. The van der Waals surface area contributed by atoms with Crippen LogP contribution in [0, 0.1) is 3.57 Å². The summed E-state index contributed by atoms with van der Waals surface area (Å²) in [5.41, 5.74) is 1.75. The predicted octanol–water partition coefficient (Wildman–Crippen LogP) is 4.11. The van der Waals surface area contributed by atoms with Crippen LogP contribution in [0.2, 0.25) is 0 Å². The fraction of sp³-hybridized carbons (Fsp3) is 0.316. The lowest BCUT2D eigenvalue weighted by molar-refractivity contribution is 0.0727. The molecule has 0 N–H and O–H groups in total. The molecule has 2 aromatic rings. The first kappa shape index (κ1) is 17.1. The van der Waals surface area contributed by atoms with Crippen LogP contribution in [0.25, 0.3) is 0 Å². The molecule has 1 aliphatic rings. The molecule has 1 aliphatic carbocycles. The van der Waals surface area contributed by atoms with Gasteiger partial charge in [0.1, 0.15) is 11.5 Å². The number of methoxy groups -OCH3 is 2. The third kappa shape index (κ3) is 3.66. The summed E-state index contributed by atoms with van der Waals surface area (Å²) in [7, 11) is 3.27. The quantitative estimate of drug-likeness (QED) is 0.639. The van der Waals surface area contributed by atoms with E-state index >= 15 is 0 Å². The Morgan fingerprint density at radius 3 is 2.54 bits per heavy atom. The van der Waals surface area contributed by atoms with E-state index in [1.54, 1.807) is 14.2 Å². The van der Waals surface area contributed by atoms with Crippen LogP contribution < -0.4 is 9.47 Å². The van der Waals surface area contributed by atoms with Gasteiger partial charge in [0.2, 0.25) is 0 Å². The van der Waals surface area contributed by atoms with Crippen LogP contribution in [0.15, 0.2) is 42.5 Å². The van der Waals surface area contributed by atoms with Gasteiger partial charge in [0.25, 0.3) is 5.91 Å². The highest BCUT2D eigenvalue weighted by molar-refractivity contribution is 14.1. The van der Waals surface area contributed by atoms with Gasteiger partial charge < -0.3 is 14.4 Å². The van der Waals surface area contributed by atoms with Crippen LogP contribution in [0.4, 0.5) is 0 Å². The highest BCUT2D eigenvalue weighted by atomic mass is 127. The SMILES string of the molecule is COc1ccc(CN(C(=O)c2ccccc2I)C2CC2)c(OC)c1. The third-order valence-electron chi connectivity index (χ3n) is 4.19. The van der Waals surface area contributed by atoms with Gasteiger partial charge in [0, 0.05) is 27.8 Å². The lowest BCUT2D eigenvalue weighted by Gasteiger charge is -2.24. The fourth-order valence-corrected chi connectivity index (χ4v) is 3.33. The standard InChI is InChI=1S/C19H20INO3/c1-23-15-10-7-13(18(11-15)24-2)12-21(14-8-9-14)19(22)16-5-3-4-6-17(16)20/h3-7,10-11,14H,8-9,12H2,1-2H3. The Balaban J connectivity index is 1.88. The molecule has 1 saturated carbocycles. The molecule has 1 fully saturated rings. The van der Waals surface area contributed by atoms with Gasteiger partial charge in [0.05, 0.1) is 19.8 Å². The summed E-state index contributed by atoms with van der Waals surface area (Å²) in [6.07, 6.45) is 2.13. The zero-order valence-electron chi connectivity index (χ0n) is 13.8. The van der Waals surface area contributed by atoms with E-state index in [1.165, 1.54) is 0 Å². The summed E-state index contributed by atoms with van der Waals surface area (Å²) in [5, 5.41) is 0. The first-order chi connectivity index (χ1) is 11.6. The van der Waals surface area contributed by atoms with Gasteiger partial charge in [-0.2, -0.15) is 0 Å². The minimum atomic E-state index is 0.0837. The number of halogens is 1. The highest BCUT2D eigenvalue weighted by Gasteiger charge is 2.34. The Kier molecular flexibility index (Phi) is 5.28. The maximum Gasteiger partial charge on any atom is 0.255 e. The zero-order chi connectivity index (χ0) is 17.1. The van der Waals surface area contributed by atoms with Crippen molar-refractivity contribution in [1.82, 2.24) is 4.90 Å². The lowest BCUT2D eigenvalue weighted by atomic mass is 10.1. The van der Waals surface area contributed by atoms with Crippen LogP contribution >= 0.6 is 22.6 Å². The molecule has 0 atom stereocenters. The third-order valence-corrected chi connectivity index (χ3v) is 5.13. The maximum atomic E-state index is 13.0. The second-order valence-corrected chi connectivity index (χ2v) is 6.98. The summed E-state index contributed by atoms with van der Waals surface area (Å²) in [6, 6.07) is 13.8. The number of nitrogens with zero attached hydrogens (tertiary/aromatic N) is 1. The zero-order valence-corrected chi connectivity index (χ0v) is 15.9. The van der Waals surface area contributed by atoms with Crippen molar-refractivity contribution in [3.8, 4) is 11.5 Å². The van der Waals surface area contributed by atoms with Crippen LogP contribution in [-0.2, 0) is 6.54 Å². The maximum absolute atomic E-state index is 13.0. The normalized spacial score (nSPS) is 13.5. The monoisotopic (exact) mass is 437 g/mol. The van der Waals surface area contributed by atoms with Crippen LogP contribution in [0.3, 0.4) is 0 Å². The van der Waals surface area contributed by atoms with Gasteiger partial charge >= 0.3 is 0 Å². The first-order valence-electron chi connectivity index (χ1n) is 7.90. The van der Waals surface area contributed by atoms with E-state index in [0.717, 1.165) is 39.0 Å². The van der Waals surface area contributed by atoms with E-state index in [0.29, 0.717) is 12.6 Å². The fourth-order valence-electron chi connectivity index (χ4n) is 2.71. The topological polar surface area (TPSA) is 38.8 Å². The lowest BCUT2D eigenvalue weighted by Crippen LogP contribution is -2.33. The molecule has 126 valence electrons. The van der Waals surface area contributed by atoms with Gasteiger partial charge in [-0.25, -0.2) is 0 Å². The van der Waals surface area contributed by atoms with E-state index < -0.39 is 0 Å². The molecule has 3 rings (SSSR count). The van der Waals surface area contributed by atoms with Gasteiger partial charge in [-0.1, -0.05) is 12.1 Å². The van der Waals surface area contributed by atoms with Crippen molar-refractivity contribution in [2.24, 2.45) is 0 Å². The minimum absolute atomic E-state index is 0.0837. The Labute approximate surface area is 155 Å². The number of benzene rings is 2. The molecule has 0 bridgehead atoms. The molecule has 0 radical (unpaired) electrons. The summed E-state index contributed by atoms with van der Waals surface area (Å²) < 4.78 is 11.7. The molecule has 0 aromatic heterocycles. The van der Waals surface area contributed by atoms with E-state index in [-0.39, 0.29) is 5.91 Å². The van der Waals surface area contributed by atoms with Crippen molar-refractivity contribution >= 4 is 28.5 Å². The second-order valence-electron chi connectivity index (χ2n) is 5.82. The van der Waals surface area contributed by atoms with Gasteiger partial charge in [0.15, 0.2) is 0 Å². The van der Waals surface area contributed by atoms with Gasteiger partial charge in [-0.05, 0) is 59.7 Å². The molecule has 1 amide bonds. The van der Waals surface area contributed by atoms with E-state index in [9.17, 15) is 4.79 Å². The Hall–Kier alpha value is -1.76. The van der Waals surface area contributed by atoms with Crippen LogP contribution in [0.5, 0.6) is 11.5 Å². The summed E-state index contributed by atoms with van der Waals surface area (Å²) >= 11 is 2.22. The van der Waals surface area contributed by atoms with Crippen molar-refractivity contribution in [2.75, 3.05) is 14.2 Å². The number of rotatable bonds is 6.